The summed E-state index contributed by atoms with van der Waals surface area (Å²) in [6.45, 7) is 2.15. The highest BCUT2D eigenvalue weighted by molar-refractivity contribution is 7.88. The van der Waals surface area contributed by atoms with Crippen molar-refractivity contribution in [1.82, 2.24) is 19.2 Å². The highest BCUT2D eigenvalue weighted by Crippen LogP contribution is 2.22. The van der Waals surface area contributed by atoms with Crippen LogP contribution in [0.1, 0.15) is 24.8 Å². The zero-order valence-corrected chi connectivity index (χ0v) is 17.2. The van der Waals surface area contributed by atoms with Gasteiger partial charge in [0.25, 0.3) is 0 Å². The number of carbonyl (C=O) groups is 1. The average Bonchev–Trinajstić information content (AvgIpc) is 3.18. The number of piperidine rings is 1. The number of hydrogen-bond acceptors (Lipinski definition) is 4. The summed E-state index contributed by atoms with van der Waals surface area (Å²) in [6, 6.07) is 6.89. The van der Waals surface area contributed by atoms with Crippen molar-refractivity contribution < 1.29 is 13.2 Å². The normalized spacial score (nSPS) is 16.2. The van der Waals surface area contributed by atoms with Gasteiger partial charge in [-0.3, -0.25) is 4.79 Å². The van der Waals surface area contributed by atoms with E-state index in [-0.39, 0.29) is 17.6 Å². The number of benzene rings is 1. The Morgan fingerprint density at radius 2 is 2.07 bits per heavy atom. The molecule has 0 spiro atoms. The Bertz CT molecular complexity index is 878. The minimum absolute atomic E-state index is 0.0116. The standard InChI is InChI=1S/C19H25ClN4O3S/c20-18-4-1-3-16(13-18)14-28(26,27)24-10-5-17(6-11-24)19(25)22-7-2-9-23-12-8-21-15-23/h1,3-4,8,12-13,15,17H,2,5-7,9-11,14H2,(H,22,25). The number of aryl methyl sites for hydroxylation is 1. The van der Waals surface area contributed by atoms with Gasteiger partial charge in [-0.1, -0.05) is 23.7 Å². The summed E-state index contributed by atoms with van der Waals surface area (Å²) in [5.74, 6) is -0.193. The minimum Gasteiger partial charge on any atom is -0.356 e. The molecule has 0 unspecified atom stereocenters. The quantitative estimate of drug-likeness (QED) is 0.659. The van der Waals surface area contributed by atoms with Gasteiger partial charge >= 0.3 is 0 Å². The van der Waals surface area contributed by atoms with Crippen molar-refractivity contribution in [1.29, 1.82) is 0 Å². The fourth-order valence-electron chi connectivity index (χ4n) is 3.36. The maximum atomic E-state index is 12.6. The van der Waals surface area contributed by atoms with Gasteiger partial charge in [0, 0.05) is 49.5 Å². The third-order valence-corrected chi connectivity index (χ3v) is 6.99. The molecule has 1 saturated heterocycles. The first-order valence-corrected chi connectivity index (χ1v) is 11.4. The van der Waals surface area contributed by atoms with Gasteiger partial charge in [-0.05, 0) is 37.0 Å². The molecule has 0 atom stereocenters. The lowest BCUT2D eigenvalue weighted by Crippen LogP contribution is -2.43. The lowest BCUT2D eigenvalue weighted by molar-refractivity contribution is -0.126. The van der Waals surface area contributed by atoms with Crippen LogP contribution in [0.15, 0.2) is 43.0 Å². The van der Waals surface area contributed by atoms with Crippen molar-refractivity contribution in [3.63, 3.8) is 0 Å². The SMILES string of the molecule is O=C(NCCCn1ccnc1)C1CCN(S(=O)(=O)Cc2cccc(Cl)c2)CC1. The van der Waals surface area contributed by atoms with E-state index in [1.54, 1.807) is 36.8 Å². The fourth-order valence-corrected chi connectivity index (χ4v) is 5.12. The number of nitrogens with one attached hydrogen (secondary N) is 1. The van der Waals surface area contributed by atoms with Gasteiger partial charge < -0.3 is 9.88 Å². The van der Waals surface area contributed by atoms with E-state index in [9.17, 15) is 13.2 Å². The topological polar surface area (TPSA) is 84.3 Å². The van der Waals surface area contributed by atoms with Crippen molar-refractivity contribution >= 4 is 27.5 Å². The van der Waals surface area contributed by atoms with Crippen LogP contribution < -0.4 is 5.32 Å². The molecule has 0 aliphatic carbocycles. The molecule has 2 heterocycles. The molecule has 28 heavy (non-hydrogen) atoms. The van der Waals surface area contributed by atoms with Gasteiger partial charge in [-0.2, -0.15) is 0 Å². The summed E-state index contributed by atoms with van der Waals surface area (Å²) in [5.41, 5.74) is 0.672. The number of halogens is 1. The van der Waals surface area contributed by atoms with Gasteiger partial charge in [0.2, 0.25) is 15.9 Å². The van der Waals surface area contributed by atoms with Crippen LogP contribution in [-0.4, -0.2) is 47.8 Å². The van der Waals surface area contributed by atoms with Crippen LogP contribution in [0, 0.1) is 5.92 Å². The molecule has 7 nitrogen and oxygen atoms in total. The molecule has 2 aromatic rings. The number of imidazole rings is 1. The van der Waals surface area contributed by atoms with E-state index in [0.717, 1.165) is 13.0 Å². The van der Waals surface area contributed by atoms with E-state index in [2.05, 4.69) is 10.3 Å². The zero-order chi connectivity index (χ0) is 20.0. The molecule has 1 aromatic carbocycles. The van der Waals surface area contributed by atoms with Crippen molar-refractivity contribution in [3.05, 3.63) is 53.6 Å². The first-order valence-electron chi connectivity index (χ1n) is 9.40. The summed E-state index contributed by atoms with van der Waals surface area (Å²) >= 11 is 5.94. The van der Waals surface area contributed by atoms with Crippen molar-refractivity contribution in [3.8, 4) is 0 Å². The maximum Gasteiger partial charge on any atom is 0.223 e. The van der Waals surface area contributed by atoms with Gasteiger partial charge in [0.1, 0.15) is 0 Å². The molecule has 9 heteroatoms. The Hall–Kier alpha value is -1.90. The van der Waals surface area contributed by atoms with Gasteiger partial charge in [-0.15, -0.1) is 0 Å². The number of amides is 1. The van der Waals surface area contributed by atoms with E-state index in [0.29, 0.717) is 43.1 Å². The molecular weight excluding hydrogens is 400 g/mol. The number of nitrogens with zero attached hydrogens (tertiary/aromatic N) is 3. The molecule has 1 aliphatic rings. The maximum absolute atomic E-state index is 12.6. The third-order valence-electron chi connectivity index (χ3n) is 4.91. The Kier molecular flexibility index (Phi) is 7.09. The largest absolute Gasteiger partial charge is 0.356 e. The third kappa shape index (κ3) is 5.80. The van der Waals surface area contributed by atoms with E-state index in [4.69, 9.17) is 11.6 Å². The summed E-state index contributed by atoms with van der Waals surface area (Å²) < 4.78 is 28.7. The second-order valence-electron chi connectivity index (χ2n) is 7.00. The first kappa shape index (κ1) is 20.8. The van der Waals surface area contributed by atoms with Gasteiger partial charge in [0.05, 0.1) is 12.1 Å². The fraction of sp³-hybridized carbons (Fsp3) is 0.474. The number of hydrogen-bond donors (Lipinski definition) is 1. The Balaban J connectivity index is 1.42. The van der Waals surface area contributed by atoms with Crippen LogP contribution in [0.4, 0.5) is 0 Å². The number of sulfonamides is 1. The minimum atomic E-state index is -3.41. The van der Waals surface area contributed by atoms with Crippen molar-refractivity contribution in [2.75, 3.05) is 19.6 Å². The molecule has 1 aromatic heterocycles. The molecule has 0 saturated carbocycles. The Labute approximate surface area is 170 Å². The zero-order valence-electron chi connectivity index (χ0n) is 15.6. The lowest BCUT2D eigenvalue weighted by Gasteiger charge is -2.30. The summed E-state index contributed by atoms with van der Waals surface area (Å²) in [6.07, 6.45) is 7.29. The molecule has 0 radical (unpaired) electrons. The molecule has 1 fully saturated rings. The van der Waals surface area contributed by atoms with Crippen LogP contribution >= 0.6 is 11.6 Å². The molecule has 1 aliphatic heterocycles. The van der Waals surface area contributed by atoms with Gasteiger partial charge in [-0.25, -0.2) is 17.7 Å². The number of rotatable bonds is 8. The predicted molar refractivity (Wildman–Crippen MR) is 108 cm³/mol. The lowest BCUT2D eigenvalue weighted by atomic mass is 9.97. The summed E-state index contributed by atoms with van der Waals surface area (Å²) in [5, 5.41) is 3.48. The molecule has 0 bridgehead atoms. The Morgan fingerprint density at radius 3 is 2.75 bits per heavy atom. The van der Waals surface area contributed by atoms with Crippen LogP contribution in [0.25, 0.3) is 0 Å². The monoisotopic (exact) mass is 424 g/mol. The predicted octanol–water partition coefficient (Wildman–Crippen LogP) is 2.28. The smallest absolute Gasteiger partial charge is 0.223 e. The molecule has 1 amide bonds. The van der Waals surface area contributed by atoms with E-state index < -0.39 is 10.0 Å². The highest BCUT2D eigenvalue weighted by atomic mass is 35.5. The summed E-state index contributed by atoms with van der Waals surface area (Å²) in [7, 11) is -3.41. The van der Waals surface area contributed by atoms with E-state index in [1.165, 1.54) is 4.31 Å². The molecule has 152 valence electrons. The number of aromatic nitrogens is 2. The molecule has 1 N–H and O–H groups in total. The van der Waals surface area contributed by atoms with Crippen molar-refractivity contribution in [2.45, 2.75) is 31.6 Å². The highest BCUT2D eigenvalue weighted by Gasteiger charge is 2.31. The van der Waals surface area contributed by atoms with Crippen LogP contribution in [0.5, 0.6) is 0 Å². The van der Waals surface area contributed by atoms with Crippen LogP contribution in [0.3, 0.4) is 0 Å². The number of carbonyl (C=O) groups excluding carboxylic acids is 1. The summed E-state index contributed by atoms with van der Waals surface area (Å²) in [4.78, 5) is 16.3. The van der Waals surface area contributed by atoms with Crippen LogP contribution in [0.2, 0.25) is 5.02 Å². The van der Waals surface area contributed by atoms with Gasteiger partial charge in [0.15, 0.2) is 0 Å². The molecule has 3 rings (SSSR count). The Morgan fingerprint density at radius 1 is 1.29 bits per heavy atom. The first-order chi connectivity index (χ1) is 13.4. The van der Waals surface area contributed by atoms with E-state index in [1.807, 2.05) is 10.8 Å². The van der Waals surface area contributed by atoms with Crippen molar-refractivity contribution in [2.24, 2.45) is 5.92 Å². The second kappa shape index (κ2) is 9.54. The molecular formula is C19H25ClN4O3S. The second-order valence-corrected chi connectivity index (χ2v) is 9.41. The van der Waals surface area contributed by atoms with Crippen LogP contribution in [-0.2, 0) is 27.1 Å². The average molecular weight is 425 g/mol. The van der Waals surface area contributed by atoms with E-state index >= 15 is 0 Å².